The maximum Gasteiger partial charge on any atom is 0.387 e. The summed E-state index contributed by atoms with van der Waals surface area (Å²) in [4.78, 5) is 0. The number of rotatable bonds is 8. The van der Waals surface area contributed by atoms with Crippen LogP contribution in [0.3, 0.4) is 0 Å². The number of hydrogen-bond donors (Lipinski definition) is 0. The third-order valence-electron chi connectivity index (χ3n) is 7.08. The molecule has 2 saturated carbocycles. The standard InChI is InChI=1S/C24H32ClF3O/c1-2-3-4-5-16-6-8-17(9-7-16)18-10-12-19(13-11-18)20-14-15-21(25)22(26)23(20)29-24(27)28/h2,14-19,24H,1,3-13H2. The molecule has 1 aromatic rings. The summed E-state index contributed by atoms with van der Waals surface area (Å²) in [7, 11) is 0. The van der Waals surface area contributed by atoms with Gasteiger partial charge in [-0.25, -0.2) is 4.39 Å². The second kappa shape index (κ2) is 10.7. The number of hydrogen-bond acceptors (Lipinski definition) is 1. The average Bonchev–Trinajstić information content (AvgIpc) is 2.72. The highest BCUT2D eigenvalue weighted by Crippen LogP contribution is 2.47. The highest BCUT2D eigenvalue weighted by Gasteiger charge is 2.33. The van der Waals surface area contributed by atoms with Crippen molar-refractivity contribution in [1.29, 1.82) is 0 Å². The predicted molar refractivity (Wildman–Crippen MR) is 112 cm³/mol. The van der Waals surface area contributed by atoms with Crippen LogP contribution in [0.4, 0.5) is 13.2 Å². The first kappa shape index (κ1) is 22.5. The minimum Gasteiger partial charge on any atom is -0.431 e. The Kier molecular flexibility index (Phi) is 8.35. The van der Waals surface area contributed by atoms with Crippen molar-refractivity contribution in [3.05, 3.63) is 41.2 Å². The van der Waals surface area contributed by atoms with Gasteiger partial charge in [-0.15, -0.1) is 6.58 Å². The Labute approximate surface area is 177 Å². The largest absolute Gasteiger partial charge is 0.431 e. The fraction of sp³-hybridized carbons (Fsp3) is 0.667. The zero-order chi connectivity index (χ0) is 20.8. The van der Waals surface area contributed by atoms with E-state index in [2.05, 4.69) is 11.3 Å². The molecule has 2 fully saturated rings. The van der Waals surface area contributed by atoms with Crippen molar-refractivity contribution >= 4 is 11.6 Å². The van der Waals surface area contributed by atoms with E-state index in [0.717, 1.165) is 43.9 Å². The van der Waals surface area contributed by atoms with Crippen LogP contribution >= 0.6 is 11.6 Å². The molecule has 0 heterocycles. The molecule has 0 spiro atoms. The second-order valence-electron chi connectivity index (χ2n) is 8.77. The number of benzene rings is 1. The van der Waals surface area contributed by atoms with E-state index in [-0.39, 0.29) is 16.7 Å². The van der Waals surface area contributed by atoms with Crippen LogP contribution in [0.2, 0.25) is 5.02 Å². The van der Waals surface area contributed by atoms with Crippen LogP contribution in [-0.4, -0.2) is 6.61 Å². The summed E-state index contributed by atoms with van der Waals surface area (Å²) in [6.07, 6.45) is 14.9. The summed E-state index contributed by atoms with van der Waals surface area (Å²) < 4.78 is 44.4. The smallest absolute Gasteiger partial charge is 0.387 e. The monoisotopic (exact) mass is 428 g/mol. The van der Waals surface area contributed by atoms with Gasteiger partial charge in [0.25, 0.3) is 0 Å². The molecule has 1 nitrogen and oxygen atoms in total. The van der Waals surface area contributed by atoms with E-state index in [1.807, 2.05) is 6.08 Å². The lowest BCUT2D eigenvalue weighted by Gasteiger charge is -2.38. The molecule has 162 valence electrons. The van der Waals surface area contributed by atoms with E-state index >= 15 is 0 Å². The molecule has 0 aromatic heterocycles. The van der Waals surface area contributed by atoms with Crippen LogP contribution in [0.25, 0.3) is 0 Å². The van der Waals surface area contributed by atoms with Crippen molar-refractivity contribution in [2.45, 2.75) is 83.2 Å². The number of halogens is 4. The van der Waals surface area contributed by atoms with Gasteiger partial charge in [0.1, 0.15) is 0 Å². The lowest BCUT2D eigenvalue weighted by molar-refractivity contribution is -0.0531. The molecule has 0 amide bonds. The predicted octanol–water partition coefficient (Wildman–Crippen LogP) is 8.52. The summed E-state index contributed by atoms with van der Waals surface area (Å²) in [6.45, 7) is 0.745. The van der Waals surface area contributed by atoms with Crippen LogP contribution < -0.4 is 4.74 Å². The van der Waals surface area contributed by atoms with E-state index < -0.39 is 12.4 Å². The van der Waals surface area contributed by atoms with E-state index in [1.165, 1.54) is 44.6 Å². The van der Waals surface area contributed by atoms with Gasteiger partial charge in [-0.3, -0.25) is 0 Å². The molecule has 0 radical (unpaired) electrons. The minimum atomic E-state index is -3.06. The molecule has 0 N–H and O–H groups in total. The normalized spacial score (nSPS) is 27.8. The maximum atomic E-state index is 14.3. The van der Waals surface area contributed by atoms with Gasteiger partial charge in [0.15, 0.2) is 11.6 Å². The van der Waals surface area contributed by atoms with E-state index in [4.69, 9.17) is 11.6 Å². The molecule has 3 rings (SSSR count). The highest BCUT2D eigenvalue weighted by molar-refractivity contribution is 6.30. The number of allylic oxidation sites excluding steroid dienone is 1. The fourth-order valence-corrected chi connectivity index (χ4v) is 5.63. The fourth-order valence-electron chi connectivity index (χ4n) is 5.48. The first-order chi connectivity index (χ1) is 14.0. The molecule has 1 aromatic carbocycles. The van der Waals surface area contributed by atoms with Crippen molar-refractivity contribution < 1.29 is 17.9 Å². The third kappa shape index (κ3) is 5.93. The molecule has 0 aliphatic heterocycles. The molecule has 0 saturated heterocycles. The number of alkyl halides is 2. The Morgan fingerprint density at radius 2 is 1.66 bits per heavy atom. The summed E-state index contributed by atoms with van der Waals surface area (Å²) in [5.74, 6) is 1.18. The van der Waals surface area contributed by atoms with E-state index in [1.54, 1.807) is 6.07 Å². The lowest BCUT2D eigenvalue weighted by atomic mass is 9.68. The Bertz CT molecular complexity index is 662. The van der Waals surface area contributed by atoms with Crippen molar-refractivity contribution in [2.75, 3.05) is 0 Å². The van der Waals surface area contributed by atoms with Gasteiger partial charge < -0.3 is 4.74 Å². The molecular weight excluding hydrogens is 397 g/mol. The molecule has 29 heavy (non-hydrogen) atoms. The van der Waals surface area contributed by atoms with Gasteiger partial charge >= 0.3 is 6.61 Å². The first-order valence-electron chi connectivity index (χ1n) is 11.0. The van der Waals surface area contributed by atoms with Crippen molar-refractivity contribution in [1.82, 2.24) is 0 Å². The van der Waals surface area contributed by atoms with Crippen LogP contribution in [0.1, 0.15) is 82.1 Å². The summed E-state index contributed by atoms with van der Waals surface area (Å²) in [5.41, 5.74) is 0.538. The topological polar surface area (TPSA) is 9.23 Å². The highest BCUT2D eigenvalue weighted by atomic mass is 35.5. The van der Waals surface area contributed by atoms with Gasteiger partial charge in [-0.1, -0.05) is 43.0 Å². The molecule has 2 aliphatic carbocycles. The minimum absolute atomic E-state index is 0.0574. The SMILES string of the molecule is C=CCCCC1CCC(C2CCC(c3ccc(Cl)c(F)c3OC(F)F)CC2)CC1. The van der Waals surface area contributed by atoms with E-state index in [9.17, 15) is 13.2 Å². The van der Waals surface area contributed by atoms with Gasteiger partial charge in [-0.05, 0) is 81.1 Å². The van der Waals surface area contributed by atoms with Crippen molar-refractivity contribution in [2.24, 2.45) is 17.8 Å². The summed E-state index contributed by atoms with van der Waals surface area (Å²) in [5, 5.41) is -0.178. The maximum absolute atomic E-state index is 14.3. The number of ether oxygens (including phenoxy) is 1. The molecule has 2 aliphatic rings. The van der Waals surface area contributed by atoms with Crippen LogP contribution in [0.15, 0.2) is 24.8 Å². The van der Waals surface area contributed by atoms with Crippen LogP contribution in [0, 0.1) is 23.6 Å². The van der Waals surface area contributed by atoms with Gasteiger partial charge in [0.2, 0.25) is 0 Å². The molecular formula is C24H32ClF3O. The number of unbranched alkanes of at least 4 members (excludes halogenated alkanes) is 1. The Morgan fingerprint density at radius 3 is 2.24 bits per heavy atom. The Hall–Kier alpha value is -1.16. The summed E-state index contributed by atoms with van der Waals surface area (Å²) >= 11 is 5.78. The second-order valence-corrected chi connectivity index (χ2v) is 9.18. The van der Waals surface area contributed by atoms with Crippen molar-refractivity contribution in [3.8, 4) is 5.75 Å². The van der Waals surface area contributed by atoms with Gasteiger partial charge in [0.05, 0.1) is 5.02 Å². The zero-order valence-corrected chi connectivity index (χ0v) is 17.8. The van der Waals surface area contributed by atoms with Crippen LogP contribution in [-0.2, 0) is 0 Å². The lowest BCUT2D eigenvalue weighted by Crippen LogP contribution is -2.25. The molecule has 0 unspecified atom stereocenters. The Morgan fingerprint density at radius 1 is 1.03 bits per heavy atom. The Balaban J connectivity index is 1.54. The van der Waals surface area contributed by atoms with Gasteiger partial charge in [0, 0.05) is 5.56 Å². The van der Waals surface area contributed by atoms with Crippen LogP contribution in [0.5, 0.6) is 5.75 Å². The zero-order valence-electron chi connectivity index (χ0n) is 17.0. The van der Waals surface area contributed by atoms with Gasteiger partial charge in [-0.2, -0.15) is 8.78 Å². The molecule has 0 bridgehead atoms. The first-order valence-corrected chi connectivity index (χ1v) is 11.4. The summed E-state index contributed by atoms with van der Waals surface area (Å²) in [6, 6.07) is 3.10. The van der Waals surface area contributed by atoms with Crippen molar-refractivity contribution in [3.63, 3.8) is 0 Å². The van der Waals surface area contributed by atoms with E-state index in [0.29, 0.717) is 11.5 Å². The molecule has 0 atom stereocenters. The average molecular weight is 429 g/mol. The third-order valence-corrected chi connectivity index (χ3v) is 7.37. The molecule has 5 heteroatoms. The quantitative estimate of drug-likeness (QED) is 0.298.